The summed E-state index contributed by atoms with van der Waals surface area (Å²) in [4.78, 5) is 10.9. The van der Waals surface area contributed by atoms with E-state index >= 15 is 0 Å². The predicted molar refractivity (Wildman–Crippen MR) is 75.0 cm³/mol. The summed E-state index contributed by atoms with van der Waals surface area (Å²) in [5.74, 6) is 2.15. The normalized spacial score (nSPS) is 11.7. The van der Waals surface area contributed by atoms with Crippen molar-refractivity contribution in [3.8, 4) is 6.07 Å². The molecule has 1 unspecified atom stereocenters. The molecular weight excluding hydrogens is 242 g/mol. The van der Waals surface area contributed by atoms with Crippen LogP contribution >= 0.6 is 0 Å². The van der Waals surface area contributed by atoms with Crippen LogP contribution in [0.4, 0.5) is 11.6 Å². The predicted octanol–water partition coefficient (Wildman–Crippen LogP) is 1.65. The van der Waals surface area contributed by atoms with Gasteiger partial charge >= 0.3 is 0 Å². The van der Waals surface area contributed by atoms with Gasteiger partial charge in [-0.25, -0.2) is 9.97 Å². The Hall–Kier alpha value is -1.87. The van der Waals surface area contributed by atoms with Gasteiger partial charge in [0, 0.05) is 33.3 Å². The minimum atomic E-state index is -0.0428. The fraction of sp³-hybridized carbons (Fsp3) is 0.615. The second-order valence-corrected chi connectivity index (χ2v) is 4.28. The maximum atomic E-state index is 8.92. The number of nitriles is 1. The molecule has 6 heteroatoms. The molecule has 1 atom stereocenters. The highest BCUT2D eigenvalue weighted by Gasteiger charge is 2.13. The number of hydrogen-bond acceptors (Lipinski definition) is 6. The second-order valence-electron chi connectivity index (χ2n) is 4.28. The van der Waals surface area contributed by atoms with E-state index in [1.54, 1.807) is 7.11 Å². The van der Waals surface area contributed by atoms with Crippen LogP contribution in [0.3, 0.4) is 0 Å². The van der Waals surface area contributed by atoms with E-state index < -0.39 is 0 Å². The molecule has 0 spiro atoms. The van der Waals surface area contributed by atoms with E-state index in [1.165, 1.54) is 0 Å². The van der Waals surface area contributed by atoms with Gasteiger partial charge in [-0.1, -0.05) is 0 Å². The Balaban J connectivity index is 3.01. The maximum Gasteiger partial charge on any atom is 0.158 e. The zero-order valence-corrected chi connectivity index (χ0v) is 12.0. The topological polar surface area (TPSA) is 74.1 Å². The summed E-state index contributed by atoms with van der Waals surface area (Å²) in [7, 11) is 3.43. The van der Waals surface area contributed by atoms with E-state index in [0.717, 1.165) is 18.2 Å². The van der Waals surface area contributed by atoms with Crippen molar-refractivity contribution in [2.75, 3.05) is 37.5 Å². The van der Waals surface area contributed by atoms with Crippen LogP contribution in [0, 0.1) is 17.2 Å². The first-order valence-electron chi connectivity index (χ1n) is 6.33. The standard InChI is InChI=1S/C13H21N5O/c1-5-18(8-10(2)7-14)13-6-11(15-3)16-12(17-13)9-19-4/h6,10H,5,8-9H2,1-4H3,(H,15,16,17). The first-order valence-corrected chi connectivity index (χ1v) is 6.33. The fourth-order valence-corrected chi connectivity index (χ4v) is 1.72. The molecule has 0 aliphatic rings. The van der Waals surface area contributed by atoms with Gasteiger partial charge in [-0.2, -0.15) is 5.26 Å². The van der Waals surface area contributed by atoms with Gasteiger partial charge < -0.3 is 15.0 Å². The number of nitrogens with one attached hydrogen (secondary N) is 1. The summed E-state index contributed by atoms with van der Waals surface area (Å²) >= 11 is 0. The average molecular weight is 263 g/mol. The zero-order chi connectivity index (χ0) is 14.3. The number of rotatable bonds is 7. The van der Waals surface area contributed by atoms with Crippen molar-refractivity contribution < 1.29 is 4.74 Å². The van der Waals surface area contributed by atoms with Crippen LogP contribution in [0.25, 0.3) is 0 Å². The van der Waals surface area contributed by atoms with Crippen LogP contribution in [-0.4, -0.2) is 37.2 Å². The van der Waals surface area contributed by atoms with E-state index in [-0.39, 0.29) is 5.92 Å². The molecule has 19 heavy (non-hydrogen) atoms. The van der Waals surface area contributed by atoms with Crippen molar-refractivity contribution >= 4 is 11.6 Å². The highest BCUT2D eigenvalue weighted by molar-refractivity contribution is 5.49. The molecule has 0 amide bonds. The Kier molecular flexibility index (Phi) is 6.03. The summed E-state index contributed by atoms with van der Waals surface area (Å²) in [6, 6.07) is 4.12. The van der Waals surface area contributed by atoms with Crippen molar-refractivity contribution in [3.05, 3.63) is 11.9 Å². The minimum absolute atomic E-state index is 0.0428. The molecule has 0 saturated carbocycles. The van der Waals surface area contributed by atoms with Gasteiger partial charge in [0.05, 0.1) is 12.0 Å². The summed E-state index contributed by atoms with van der Waals surface area (Å²) in [5.41, 5.74) is 0. The van der Waals surface area contributed by atoms with Crippen LogP contribution in [0.1, 0.15) is 19.7 Å². The van der Waals surface area contributed by atoms with E-state index in [9.17, 15) is 0 Å². The first kappa shape index (κ1) is 15.2. The molecule has 0 saturated heterocycles. The fourth-order valence-electron chi connectivity index (χ4n) is 1.72. The van der Waals surface area contributed by atoms with E-state index in [0.29, 0.717) is 19.0 Å². The Morgan fingerprint density at radius 3 is 2.79 bits per heavy atom. The summed E-state index contributed by atoms with van der Waals surface area (Å²) in [6.45, 7) is 5.76. The average Bonchev–Trinajstić information content (AvgIpc) is 2.44. The summed E-state index contributed by atoms with van der Waals surface area (Å²) in [5, 5.41) is 11.9. The van der Waals surface area contributed by atoms with Crippen molar-refractivity contribution in [2.45, 2.75) is 20.5 Å². The largest absolute Gasteiger partial charge is 0.377 e. The van der Waals surface area contributed by atoms with Crippen LogP contribution in [0.2, 0.25) is 0 Å². The second kappa shape index (κ2) is 7.54. The Labute approximate surface area is 114 Å². The first-order chi connectivity index (χ1) is 9.14. The SMILES string of the molecule is CCN(CC(C)C#N)c1cc(NC)nc(COC)n1. The molecule has 0 radical (unpaired) electrons. The molecule has 1 heterocycles. The van der Waals surface area contributed by atoms with Crippen LogP contribution < -0.4 is 10.2 Å². The molecule has 0 fully saturated rings. The number of hydrogen-bond donors (Lipinski definition) is 1. The third-order valence-corrected chi connectivity index (χ3v) is 2.71. The number of nitrogens with zero attached hydrogens (tertiary/aromatic N) is 4. The van der Waals surface area contributed by atoms with Crippen molar-refractivity contribution in [1.82, 2.24) is 9.97 Å². The molecule has 0 bridgehead atoms. The van der Waals surface area contributed by atoms with E-state index in [2.05, 4.69) is 26.3 Å². The summed E-state index contributed by atoms with van der Waals surface area (Å²) in [6.07, 6.45) is 0. The van der Waals surface area contributed by atoms with Crippen LogP contribution in [0.5, 0.6) is 0 Å². The smallest absolute Gasteiger partial charge is 0.158 e. The maximum absolute atomic E-state index is 8.92. The highest BCUT2D eigenvalue weighted by Crippen LogP contribution is 2.17. The Morgan fingerprint density at radius 1 is 1.53 bits per heavy atom. The monoisotopic (exact) mass is 263 g/mol. The molecule has 1 aromatic heterocycles. The van der Waals surface area contributed by atoms with Gasteiger partial charge in [0.2, 0.25) is 0 Å². The van der Waals surface area contributed by atoms with Crippen molar-refractivity contribution in [3.63, 3.8) is 0 Å². The molecule has 0 aromatic carbocycles. The third-order valence-electron chi connectivity index (χ3n) is 2.71. The number of ether oxygens (including phenoxy) is 1. The third kappa shape index (κ3) is 4.38. The molecular formula is C13H21N5O. The van der Waals surface area contributed by atoms with Gasteiger partial charge in [-0.3, -0.25) is 0 Å². The van der Waals surface area contributed by atoms with Gasteiger partial charge in [0.15, 0.2) is 5.82 Å². The van der Waals surface area contributed by atoms with Gasteiger partial charge in [0.25, 0.3) is 0 Å². The van der Waals surface area contributed by atoms with Crippen molar-refractivity contribution in [2.24, 2.45) is 5.92 Å². The van der Waals surface area contributed by atoms with Crippen molar-refractivity contribution in [1.29, 1.82) is 5.26 Å². The molecule has 6 nitrogen and oxygen atoms in total. The lowest BCUT2D eigenvalue weighted by Gasteiger charge is -2.23. The number of methoxy groups -OCH3 is 1. The number of anilines is 2. The van der Waals surface area contributed by atoms with E-state index in [4.69, 9.17) is 10.00 Å². The lowest BCUT2D eigenvalue weighted by atomic mass is 10.2. The Bertz CT molecular complexity index is 443. The van der Waals surface area contributed by atoms with Crippen LogP contribution in [0.15, 0.2) is 6.07 Å². The molecule has 0 aliphatic heterocycles. The summed E-state index contributed by atoms with van der Waals surface area (Å²) < 4.78 is 5.07. The van der Waals surface area contributed by atoms with Gasteiger partial charge in [-0.15, -0.1) is 0 Å². The zero-order valence-electron chi connectivity index (χ0n) is 12.0. The molecule has 104 valence electrons. The van der Waals surface area contributed by atoms with Crippen LogP contribution in [-0.2, 0) is 11.3 Å². The quantitative estimate of drug-likeness (QED) is 0.806. The highest BCUT2D eigenvalue weighted by atomic mass is 16.5. The van der Waals surface area contributed by atoms with Gasteiger partial charge in [-0.05, 0) is 13.8 Å². The van der Waals surface area contributed by atoms with Gasteiger partial charge in [0.1, 0.15) is 18.2 Å². The Morgan fingerprint density at radius 2 is 2.26 bits per heavy atom. The molecule has 1 N–H and O–H groups in total. The lowest BCUT2D eigenvalue weighted by Crippen LogP contribution is -2.29. The molecule has 1 rings (SSSR count). The lowest BCUT2D eigenvalue weighted by molar-refractivity contribution is 0.178. The molecule has 0 aliphatic carbocycles. The minimum Gasteiger partial charge on any atom is -0.377 e. The molecule has 1 aromatic rings. The van der Waals surface area contributed by atoms with E-state index in [1.807, 2.05) is 27.0 Å². The number of aromatic nitrogens is 2.